The van der Waals surface area contributed by atoms with E-state index in [1.165, 1.54) is 6.20 Å². The molecule has 6 nitrogen and oxygen atoms in total. The first-order valence-corrected chi connectivity index (χ1v) is 5.34. The summed E-state index contributed by atoms with van der Waals surface area (Å²) in [5.74, 6) is -0.668. The summed E-state index contributed by atoms with van der Waals surface area (Å²) in [5, 5.41) is 2.23. The minimum Gasteiger partial charge on any atom is -0.396 e. The highest BCUT2D eigenvalue weighted by Gasteiger charge is 2.25. The van der Waals surface area contributed by atoms with E-state index in [0.717, 1.165) is 0 Å². The first-order chi connectivity index (χ1) is 7.58. The van der Waals surface area contributed by atoms with Crippen LogP contribution in [-0.2, 0) is 9.59 Å². The van der Waals surface area contributed by atoms with Crippen molar-refractivity contribution in [2.45, 2.75) is 0 Å². The summed E-state index contributed by atoms with van der Waals surface area (Å²) in [6.07, 6.45) is 3.06. The summed E-state index contributed by atoms with van der Waals surface area (Å²) in [6, 6.07) is 0. The zero-order valence-electron chi connectivity index (χ0n) is 8.24. The number of imide groups is 1. The number of hydrogen-bond acceptors (Lipinski definition) is 5. The van der Waals surface area contributed by atoms with Crippen molar-refractivity contribution in [3.05, 3.63) is 16.9 Å². The van der Waals surface area contributed by atoms with Gasteiger partial charge < -0.3 is 10.6 Å². The molecule has 0 aromatic carbocycles. The highest BCUT2D eigenvalue weighted by Crippen LogP contribution is 2.31. The molecule has 2 heterocycles. The third-order valence-corrected chi connectivity index (χ3v) is 2.75. The molecule has 1 saturated heterocycles. The SMILES string of the molecule is Nc1cncc(Br)c1N1CC(=O)NC(=O)C1. The number of pyridine rings is 1. The Morgan fingerprint density at radius 1 is 1.31 bits per heavy atom. The second-order valence-corrected chi connectivity index (χ2v) is 4.24. The van der Waals surface area contributed by atoms with Crippen molar-refractivity contribution in [2.24, 2.45) is 0 Å². The fourth-order valence-electron chi connectivity index (χ4n) is 1.57. The summed E-state index contributed by atoms with van der Waals surface area (Å²) < 4.78 is 0.662. The second kappa shape index (κ2) is 4.09. The molecular formula is C9H9BrN4O2. The van der Waals surface area contributed by atoms with Gasteiger partial charge in [0, 0.05) is 6.20 Å². The third kappa shape index (κ3) is 1.99. The first-order valence-electron chi connectivity index (χ1n) is 4.54. The van der Waals surface area contributed by atoms with E-state index in [1.807, 2.05) is 0 Å². The zero-order chi connectivity index (χ0) is 11.7. The van der Waals surface area contributed by atoms with Crippen LogP contribution in [0.2, 0.25) is 0 Å². The standard InChI is InChI=1S/C9H9BrN4O2/c10-5-1-12-2-6(11)9(5)14-3-7(15)13-8(16)4-14/h1-2H,3-4,11H2,(H,13,15,16). The van der Waals surface area contributed by atoms with Crippen molar-refractivity contribution in [3.63, 3.8) is 0 Å². The molecule has 1 fully saturated rings. The lowest BCUT2D eigenvalue weighted by molar-refractivity contribution is -0.130. The number of anilines is 2. The van der Waals surface area contributed by atoms with Crippen LogP contribution in [0.3, 0.4) is 0 Å². The fraction of sp³-hybridized carbons (Fsp3) is 0.222. The quantitative estimate of drug-likeness (QED) is 0.703. The van der Waals surface area contributed by atoms with Crippen molar-refractivity contribution in [3.8, 4) is 0 Å². The fourth-order valence-corrected chi connectivity index (χ4v) is 2.17. The van der Waals surface area contributed by atoms with E-state index in [1.54, 1.807) is 11.1 Å². The molecule has 2 amide bonds. The number of hydrogen-bond donors (Lipinski definition) is 2. The summed E-state index contributed by atoms with van der Waals surface area (Å²) in [5.41, 5.74) is 6.82. The Balaban J connectivity index is 2.36. The van der Waals surface area contributed by atoms with E-state index in [0.29, 0.717) is 15.8 Å². The van der Waals surface area contributed by atoms with Crippen LogP contribution in [0.1, 0.15) is 0 Å². The maximum absolute atomic E-state index is 11.2. The number of rotatable bonds is 1. The predicted octanol–water partition coefficient (Wildman–Crippen LogP) is -0.111. The Morgan fingerprint density at radius 2 is 1.94 bits per heavy atom. The van der Waals surface area contributed by atoms with Gasteiger partial charge in [-0.3, -0.25) is 19.9 Å². The van der Waals surface area contributed by atoms with Gasteiger partial charge in [0.2, 0.25) is 11.8 Å². The molecule has 0 atom stereocenters. The molecule has 0 spiro atoms. The first kappa shape index (κ1) is 10.9. The van der Waals surface area contributed by atoms with Gasteiger partial charge in [0.05, 0.1) is 35.1 Å². The number of amides is 2. The van der Waals surface area contributed by atoms with E-state index in [9.17, 15) is 9.59 Å². The van der Waals surface area contributed by atoms with Crippen LogP contribution in [0.15, 0.2) is 16.9 Å². The van der Waals surface area contributed by atoms with Crippen molar-refractivity contribution in [1.29, 1.82) is 0 Å². The smallest absolute Gasteiger partial charge is 0.246 e. The molecule has 0 radical (unpaired) electrons. The number of carbonyl (C=O) groups is 2. The van der Waals surface area contributed by atoms with Crippen LogP contribution in [0.4, 0.5) is 11.4 Å². The van der Waals surface area contributed by atoms with Crippen molar-refractivity contribution in [2.75, 3.05) is 23.7 Å². The number of piperazine rings is 1. The summed E-state index contributed by atoms with van der Waals surface area (Å²) >= 11 is 3.30. The van der Waals surface area contributed by atoms with Crippen LogP contribution >= 0.6 is 15.9 Å². The zero-order valence-corrected chi connectivity index (χ0v) is 9.82. The van der Waals surface area contributed by atoms with Gasteiger partial charge in [-0.2, -0.15) is 0 Å². The lowest BCUT2D eigenvalue weighted by atomic mass is 10.2. The monoisotopic (exact) mass is 284 g/mol. The Labute approximate surface area is 99.9 Å². The lowest BCUT2D eigenvalue weighted by Gasteiger charge is -2.28. The van der Waals surface area contributed by atoms with Gasteiger partial charge in [0.15, 0.2) is 0 Å². The van der Waals surface area contributed by atoms with Crippen LogP contribution < -0.4 is 16.0 Å². The molecule has 16 heavy (non-hydrogen) atoms. The van der Waals surface area contributed by atoms with E-state index < -0.39 is 0 Å². The van der Waals surface area contributed by atoms with Crippen LogP contribution in [-0.4, -0.2) is 29.9 Å². The second-order valence-electron chi connectivity index (χ2n) is 3.39. The van der Waals surface area contributed by atoms with Crippen molar-refractivity contribution in [1.82, 2.24) is 10.3 Å². The van der Waals surface area contributed by atoms with Gasteiger partial charge >= 0.3 is 0 Å². The van der Waals surface area contributed by atoms with Crippen LogP contribution in [0.5, 0.6) is 0 Å². The molecule has 0 bridgehead atoms. The van der Waals surface area contributed by atoms with E-state index in [2.05, 4.69) is 26.2 Å². The van der Waals surface area contributed by atoms with Gasteiger partial charge in [0.1, 0.15) is 0 Å². The number of nitrogens with two attached hydrogens (primary N) is 1. The molecule has 0 saturated carbocycles. The highest BCUT2D eigenvalue weighted by molar-refractivity contribution is 9.10. The highest BCUT2D eigenvalue weighted by atomic mass is 79.9. The van der Waals surface area contributed by atoms with Crippen LogP contribution in [0, 0.1) is 0 Å². The minimum atomic E-state index is -0.334. The molecule has 1 aliphatic heterocycles. The average molecular weight is 285 g/mol. The lowest BCUT2D eigenvalue weighted by Crippen LogP contribution is -2.51. The molecule has 1 aromatic rings. The average Bonchev–Trinajstić information content (AvgIpc) is 2.15. The van der Waals surface area contributed by atoms with Gasteiger partial charge in [-0.1, -0.05) is 0 Å². The molecular weight excluding hydrogens is 276 g/mol. The van der Waals surface area contributed by atoms with E-state index in [4.69, 9.17) is 5.73 Å². The molecule has 84 valence electrons. The van der Waals surface area contributed by atoms with E-state index >= 15 is 0 Å². The number of halogens is 1. The number of nitrogens with zero attached hydrogens (tertiary/aromatic N) is 2. The largest absolute Gasteiger partial charge is 0.396 e. The van der Waals surface area contributed by atoms with Crippen LogP contribution in [0.25, 0.3) is 0 Å². The van der Waals surface area contributed by atoms with Crippen molar-refractivity contribution < 1.29 is 9.59 Å². The Hall–Kier alpha value is -1.63. The number of aromatic nitrogens is 1. The molecule has 1 aliphatic rings. The summed E-state index contributed by atoms with van der Waals surface area (Å²) in [7, 11) is 0. The minimum absolute atomic E-state index is 0.110. The normalized spacial score (nSPS) is 16.2. The summed E-state index contributed by atoms with van der Waals surface area (Å²) in [4.78, 5) is 28.0. The maximum atomic E-state index is 11.2. The number of carbonyl (C=O) groups excluding carboxylic acids is 2. The number of nitrogens with one attached hydrogen (secondary N) is 1. The third-order valence-electron chi connectivity index (χ3n) is 2.17. The van der Waals surface area contributed by atoms with Gasteiger partial charge in [-0.15, -0.1) is 0 Å². The van der Waals surface area contributed by atoms with Gasteiger partial charge in [-0.25, -0.2) is 0 Å². The molecule has 2 rings (SSSR count). The Bertz CT molecular complexity index is 427. The molecule has 0 unspecified atom stereocenters. The summed E-state index contributed by atoms with van der Waals surface area (Å²) in [6.45, 7) is 0.219. The Morgan fingerprint density at radius 3 is 2.50 bits per heavy atom. The molecule has 3 N–H and O–H groups in total. The maximum Gasteiger partial charge on any atom is 0.246 e. The topological polar surface area (TPSA) is 88.3 Å². The Kier molecular flexibility index (Phi) is 2.78. The molecule has 0 aliphatic carbocycles. The van der Waals surface area contributed by atoms with Crippen molar-refractivity contribution >= 4 is 39.1 Å². The van der Waals surface area contributed by atoms with E-state index in [-0.39, 0.29) is 24.9 Å². The molecule has 1 aromatic heterocycles. The van der Waals surface area contributed by atoms with Gasteiger partial charge in [0.25, 0.3) is 0 Å². The number of nitrogen functional groups attached to an aromatic ring is 1. The predicted molar refractivity (Wildman–Crippen MR) is 61.7 cm³/mol. The van der Waals surface area contributed by atoms with Gasteiger partial charge in [-0.05, 0) is 15.9 Å². The molecule has 7 heteroatoms.